The number of anilines is 1. The van der Waals surface area contributed by atoms with Crippen LogP contribution in [0.1, 0.15) is 98.3 Å². The number of nitrogens with zero attached hydrogens (tertiary/aromatic N) is 2. The van der Waals surface area contributed by atoms with E-state index >= 15 is 0 Å². The molecule has 2 N–H and O–H groups in total. The van der Waals surface area contributed by atoms with Gasteiger partial charge in [-0.2, -0.15) is 0 Å². The summed E-state index contributed by atoms with van der Waals surface area (Å²) >= 11 is 6.49. The van der Waals surface area contributed by atoms with Crippen LogP contribution in [-0.2, 0) is 32.6 Å². The molecule has 5 aliphatic rings. The van der Waals surface area contributed by atoms with Crippen molar-refractivity contribution in [2.24, 2.45) is 17.8 Å². The molecule has 0 aromatic heterocycles. The smallest absolute Gasteiger partial charge is 0.264 e. The normalized spacial score (nSPS) is 32.0. The summed E-state index contributed by atoms with van der Waals surface area (Å²) in [4.78, 5) is 32.0. The third-order valence-corrected chi connectivity index (χ3v) is 15.1. The van der Waals surface area contributed by atoms with Gasteiger partial charge in [-0.3, -0.25) is 14.5 Å². The number of aldehydes is 1. The number of aryl methyl sites for hydroxylation is 1. The van der Waals surface area contributed by atoms with Crippen LogP contribution in [0.15, 0.2) is 42.5 Å². The van der Waals surface area contributed by atoms with Crippen LogP contribution in [0.4, 0.5) is 5.69 Å². The molecule has 0 radical (unpaired) electrons. The molecule has 1 saturated heterocycles. The lowest BCUT2D eigenvalue weighted by Crippen LogP contribution is -2.53. The van der Waals surface area contributed by atoms with Crippen molar-refractivity contribution in [2.45, 2.75) is 101 Å². The molecule has 7 rings (SSSR count). The van der Waals surface area contributed by atoms with Crippen LogP contribution in [0, 0.1) is 17.8 Å². The zero-order valence-electron chi connectivity index (χ0n) is 31.3. The molecule has 3 heterocycles. The molecule has 288 valence electrons. The molecule has 53 heavy (non-hydrogen) atoms. The number of ether oxygens (including phenoxy) is 2. The van der Waals surface area contributed by atoms with Gasteiger partial charge in [-0.25, -0.2) is 13.1 Å². The number of fused-ring (bicyclic) bond motifs is 3. The van der Waals surface area contributed by atoms with Gasteiger partial charge in [-0.05, 0) is 112 Å². The van der Waals surface area contributed by atoms with Crippen molar-refractivity contribution in [3.63, 3.8) is 0 Å². The van der Waals surface area contributed by atoms with Gasteiger partial charge in [-0.1, -0.05) is 37.1 Å². The highest BCUT2D eigenvalue weighted by molar-refractivity contribution is 7.90. The van der Waals surface area contributed by atoms with Crippen LogP contribution in [0.25, 0.3) is 0 Å². The second-order valence-corrected chi connectivity index (χ2v) is 18.5. The van der Waals surface area contributed by atoms with Crippen molar-refractivity contribution in [3.8, 4) is 5.75 Å². The number of piperazine rings is 1. The van der Waals surface area contributed by atoms with E-state index < -0.39 is 26.8 Å². The SMILES string of the molecule is CO[C@@]1(C=O)/C=C/C[C@H](C)[C@@H](C)S(=O)(=O)NC(=O)c2cc(C3CNCCN3C3CCC3)c3c(c2)N(CCCCc2cc(Cl)ccc2CO3)C[C@@H]2CC[C@H]21. The Labute approximate surface area is 320 Å². The Balaban J connectivity index is 1.41. The molecular weight excluding hydrogens is 712 g/mol. The number of hydrogen-bond donors (Lipinski definition) is 2. The van der Waals surface area contributed by atoms with Crippen LogP contribution in [-0.4, -0.2) is 82.2 Å². The van der Waals surface area contributed by atoms with E-state index in [1.807, 2.05) is 49.4 Å². The summed E-state index contributed by atoms with van der Waals surface area (Å²) in [5, 5.41) is 3.44. The minimum atomic E-state index is -4.05. The average Bonchev–Trinajstić information content (AvgIpc) is 3.14. The Morgan fingerprint density at radius 2 is 1.87 bits per heavy atom. The summed E-state index contributed by atoms with van der Waals surface area (Å²) in [6.45, 7) is 7.58. The van der Waals surface area contributed by atoms with E-state index in [-0.39, 0.29) is 23.8 Å². The predicted octanol–water partition coefficient (Wildman–Crippen LogP) is 6.21. The fourth-order valence-corrected chi connectivity index (χ4v) is 10.5. The van der Waals surface area contributed by atoms with Crippen LogP contribution in [0.3, 0.4) is 0 Å². The quantitative estimate of drug-likeness (QED) is 0.277. The Hall–Kier alpha value is -2.96. The maximum absolute atomic E-state index is 14.2. The Morgan fingerprint density at radius 3 is 2.58 bits per heavy atom. The molecule has 1 unspecified atom stereocenters. The summed E-state index contributed by atoms with van der Waals surface area (Å²) < 4.78 is 43.1. The minimum Gasteiger partial charge on any atom is -0.486 e. The first-order valence-electron chi connectivity index (χ1n) is 19.6. The number of benzene rings is 2. The summed E-state index contributed by atoms with van der Waals surface area (Å²) in [5.74, 6) is -0.145. The molecule has 10 nitrogen and oxygen atoms in total. The van der Waals surface area contributed by atoms with Gasteiger partial charge >= 0.3 is 0 Å². The number of carbonyl (C=O) groups is 2. The van der Waals surface area contributed by atoms with Gasteiger partial charge in [0.15, 0.2) is 6.29 Å². The second kappa shape index (κ2) is 16.0. The van der Waals surface area contributed by atoms with Crippen molar-refractivity contribution in [1.82, 2.24) is 14.9 Å². The van der Waals surface area contributed by atoms with Crippen LogP contribution in [0.5, 0.6) is 5.75 Å². The molecule has 3 fully saturated rings. The highest BCUT2D eigenvalue weighted by Gasteiger charge is 2.48. The van der Waals surface area contributed by atoms with Crippen LogP contribution in [0.2, 0.25) is 5.02 Å². The van der Waals surface area contributed by atoms with E-state index in [1.54, 1.807) is 14.0 Å². The maximum Gasteiger partial charge on any atom is 0.264 e. The highest BCUT2D eigenvalue weighted by atomic mass is 35.5. The van der Waals surface area contributed by atoms with E-state index in [9.17, 15) is 18.0 Å². The van der Waals surface area contributed by atoms with E-state index in [4.69, 9.17) is 21.1 Å². The summed E-state index contributed by atoms with van der Waals surface area (Å²) in [7, 11) is -2.47. The van der Waals surface area contributed by atoms with Gasteiger partial charge in [0, 0.05) is 67.9 Å². The third-order valence-electron chi connectivity index (χ3n) is 13.0. The first-order chi connectivity index (χ1) is 25.5. The lowest BCUT2D eigenvalue weighted by Gasteiger charge is -2.48. The zero-order chi connectivity index (χ0) is 37.3. The van der Waals surface area contributed by atoms with Gasteiger partial charge in [0.25, 0.3) is 5.91 Å². The molecule has 12 heteroatoms. The number of rotatable bonds is 4. The van der Waals surface area contributed by atoms with Gasteiger partial charge in [0.05, 0.1) is 17.0 Å². The molecule has 2 aliphatic carbocycles. The van der Waals surface area contributed by atoms with E-state index in [1.165, 1.54) is 12.0 Å². The molecule has 0 spiro atoms. The number of allylic oxidation sites excluding steroid dienone is 1. The maximum atomic E-state index is 14.2. The predicted molar refractivity (Wildman–Crippen MR) is 208 cm³/mol. The number of methoxy groups -OCH3 is 1. The molecule has 2 aromatic carbocycles. The van der Waals surface area contributed by atoms with Crippen molar-refractivity contribution in [2.75, 3.05) is 44.7 Å². The standard InChI is InChI=1S/C41H55ClN4O6S/c1-27-8-7-16-41(26-47,51-3)36-15-13-30(36)24-45-18-5-4-9-29-20-33(42)14-12-31(29)25-52-39-35(38-23-43-17-19-46(38)34-10-6-11-34)21-32(22-37(39)45)40(48)44-53(49,50)28(27)2/h7,12,14,16,20-22,26-28,30,34,36,38,43H,4-6,8-11,13,15,17-19,23-25H2,1-3H3,(H,44,48)/b16-7+/t27-,28+,30-,36+,38?,41+/m0/s1. The molecule has 2 bridgehead atoms. The lowest BCUT2D eigenvalue weighted by atomic mass is 9.64. The number of carbonyl (C=O) groups excluding carboxylic acids is 2. The van der Waals surface area contributed by atoms with Crippen LogP contribution >= 0.6 is 11.6 Å². The van der Waals surface area contributed by atoms with Crippen molar-refractivity contribution in [1.29, 1.82) is 0 Å². The number of amides is 1. The number of hydrogen-bond acceptors (Lipinski definition) is 9. The summed E-state index contributed by atoms with van der Waals surface area (Å²) in [5.41, 5.74) is 3.10. The van der Waals surface area contributed by atoms with Gasteiger partial charge in [0.2, 0.25) is 10.0 Å². The van der Waals surface area contributed by atoms with Gasteiger partial charge in [0.1, 0.15) is 18.0 Å². The van der Waals surface area contributed by atoms with E-state index in [0.29, 0.717) is 49.3 Å². The van der Waals surface area contributed by atoms with Crippen LogP contribution < -0.4 is 19.7 Å². The van der Waals surface area contributed by atoms with Gasteiger partial charge < -0.3 is 19.7 Å². The number of halogens is 1. The monoisotopic (exact) mass is 766 g/mol. The first-order valence-corrected chi connectivity index (χ1v) is 21.5. The Morgan fingerprint density at radius 1 is 1.04 bits per heavy atom. The largest absolute Gasteiger partial charge is 0.486 e. The van der Waals surface area contributed by atoms with Gasteiger partial charge in [-0.15, -0.1) is 0 Å². The number of nitrogens with one attached hydrogen (secondary N) is 2. The molecule has 3 aliphatic heterocycles. The molecule has 2 aromatic rings. The molecule has 2 saturated carbocycles. The van der Waals surface area contributed by atoms with E-state index in [2.05, 4.69) is 19.8 Å². The molecule has 1 amide bonds. The average molecular weight is 767 g/mol. The summed E-state index contributed by atoms with van der Waals surface area (Å²) in [6.07, 6.45) is 12.9. The first kappa shape index (κ1) is 38.3. The molecule has 6 atom stereocenters. The Kier molecular flexibility index (Phi) is 11.6. The second-order valence-electron chi connectivity index (χ2n) is 16.0. The minimum absolute atomic E-state index is 0.0535. The third kappa shape index (κ3) is 7.79. The topological polar surface area (TPSA) is 117 Å². The Bertz CT molecular complexity index is 1820. The van der Waals surface area contributed by atoms with Crippen molar-refractivity contribution < 1.29 is 27.5 Å². The fraction of sp³-hybridized carbons (Fsp3) is 0.610. The van der Waals surface area contributed by atoms with Crippen molar-refractivity contribution in [3.05, 3.63) is 69.8 Å². The lowest BCUT2D eigenvalue weighted by molar-refractivity contribution is -0.135. The number of sulfonamides is 1. The molecular formula is C41H55ClN4O6S. The zero-order valence-corrected chi connectivity index (χ0v) is 32.9. The summed E-state index contributed by atoms with van der Waals surface area (Å²) in [6, 6.07) is 10.1. The van der Waals surface area contributed by atoms with Crippen molar-refractivity contribution >= 4 is 39.5 Å². The van der Waals surface area contributed by atoms with E-state index in [0.717, 1.165) is 86.9 Å². The highest BCUT2D eigenvalue weighted by Crippen LogP contribution is 2.47. The fourth-order valence-electron chi connectivity index (χ4n) is 9.04.